The normalized spacial score (nSPS) is 12.0. The van der Waals surface area contributed by atoms with Crippen molar-refractivity contribution in [1.82, 2.24) is 0 Å². The van der Waals surface area contributed by atoms with Crippen molar-refractivity contribution in [2.45, 2.75) is 0 Å². The van der Waals surface area contributed by atoms with Gasteiger partial charge >= 0.3 is 0 Å². The van der Waals surface area contributed by atoms with E-state index in [0.29, 0.717) is 0 Å². The molecule has 2 radical (unpaired) electrons. The summed E-state index contributed by atoms with van der Waals surface area (Å²) >= 11 is 0. The molecule has 0 aliphatic carbocycles. The fourth-order valence-corrected chi connectivity index (χ4v) is 2.58. The average Bonchev–Trinajstić information content (AvgIpc) is 2.39. The quantitative estimate of drug-likeness (QED) is 0.419. The number of ether oxygens (including phenoxy) is 1. The number of fused-ring (bicyclic) bond motifs is 2. The van der Waals surface area contributed by atoms with Crippen molar-refractivity contribution in [2.75, 3.05) is 0 Å². The maximum atomic E-state index is 5.95. The second-order valence-electron chi connectivity index (χ2n) is 4.52. The minimum atomic E-state index is 0.723. The van der Waals surface area contributed by atoms with Crippen LogP contribution in [0.1, 0.15) is 0 Å². The molecular formula is C16H9BO. The van der Waals surface area contributed by atoms with Crippen molar-refractivity contribution in [1.29, 1.82) is 0 Å². The summed E-state index contributed by atoms with van der Waals surface area (Å²) in [6, 6.07) is 18.2. The highest BCUT2D eigenvalue weighted by Crippen LogP contribution is 2.45. The standard InChI is InChI=1S/C16H9BO/c17-11-7-8-12-13-5-1-3-10-4-2-6-14(16(10)13)18-15(12)9-11/h1-9H. The topological polar surface area (TPSA) is 9.23 Å². The molecule has 18 heavy (non-hydrogen) atoms. The zero-order chi connectivity index (χ0) is 12.1. The van der Waals surface area contributed by atoms with Crippen LogP contribution in [0.4, 0.5) is 0 Å². The van der Waals surface area contributed by atoms with Gasteiger partial charge in [-0.05, 0) is 23.1 Å². The van der Waals surface area contributed by atoms with Crippen LogP contribution in [-0.2, 0) is 0 Å². The smallest absolute Gasteiger partial charge is 0.135 e. The van der Waals surface area contributed by atoms with E-state index in [1.807, 2.05) is 30.3 Å². The zero-order valence-corrected chi connectivity index (χ0v) is 9.68. The number of benzene rings is 3. The van der Waals surface area contributed by atoms with E-state index in [9.17, 15) is 0 Å². The van der Waals surface area contributed by atoms with E-state index in [4.69, 9.17) is 12.6 Å². The highest BCUT2D eigenvalue weighted by atomic mass is 16.5. The Bertz CT molecular complexity index is 772. The molecule has 0 unspecified atom stereocenters. The first kappa shape index (κ1) is 9.78. The molecule has 4 rings (SSSR count). The van der Waals surface area contributed by atoms with E-state index in [2.05, 4.69) is 24.3 Å². The second kappa shape index (κ2) is 3.39. The lowest BCUT2D eigenvalue weighted by Crippen LogP contribution is -2.05. The molecule has 0 N–H and O–H groups in total. The Morgan fingerprint density at radius 3 is 2.50 bits per heavy atom. The Balaban J connectivity index is 2.17. The van der Waals surface area contributed by atoms with E-state index in [1.54, 1.807) is 0 Å². The summed E-state index contributed by atoms with van der Waals surface area (Å²) in [5.74, 6) is 1.74. The maximum Gasteiger partial charge on any atom is 0.135 e. The lowest BCUT2D eigenvalue weighted by Gasteiger charge is -2.21. The van der Waals surface area contributed by atoms with Gasteiger partial charge < -0.3 is 4.74 Å². The van der Waals surface area contributed by atoms with Gasteiger partial charge in [0.15, 0.2) is 0 Å². The number of rotatable bonds is 0. The van der Waals surface area contributed by atoms with Crippen LogP contribution in [0.15, 0.2) is 54.6 Å². The lowest BCUT2D eigenvalue weighted by atomic mass is 9.90. The molecule has 0 amide bonds. The minimum absolute atomic E-state index is 0.723. The van der Waals surface area contributed by atoms with Crippen molar-refractivity contribution in [3.05, 3.63) is 54.6 Å². The Kier molecular flexibility index (Phi) is 1.84. The van der Waals surface area contributed by atoms with Gasteiger partial charge in [-0.25, -0.2) is 0 Å². The SMILES string of the molecule is [B]c1ccc2c(c1)Oc1cccc3cccc-2c13. The van der Waals surface area contributed by atoms with Gasteiger partial charge in [0, 0.05) is 10.9 Å². The summed E-state index contributed by atoms with van der Waals surface area (Å²) in [6.45, 7) is 0. The fourth-order valence-electron chi connectivity index (χ4n) is 2.58. The summed E-state index contributed by atoms with van der Waals surface area (Å²) in [4.78, 5) is 0. The highest BCUT2D eigenvalue weighted by Gasteiger charge is 2.18. The molecule has 0 bridgehead atoms. The molecule has 0 saturated heterocycles. The summed E-state index contributed by atoms with van der Waals surface area (Å²) < 4.78 is 5.95. The summed E-state index contributed by atoms with van der Waals surface area (Å²) in [7, 11) is 5.82. The fraction of sp³-hybridized carbons (Fsp3) is 0. The largest absolute Gasteiger partial charge is 0.456 e. The van der Waals surface area contributed by atoms with Crippen LogP contribution >= 0.6 is 0 Å². The van der Waals surface area contributed by atoms with Gasteiger partial charge in [-0.1, -0.05) is 47.9 Å². The van der Waals surface area contributed by atoms with E-state index < -0.39 is 0 Å². The minimum Gasteiger partial charge on any atom is -0.456 e. The van der Waals surface area contributed by atoms with Gasteiger partial charge in [0.1, 0.15) is 19.3 Å². The van der Waals surface area contributed by atoms with Gasteiger partial charge in [0.25, 0.3) is 0 Å². The van der Waals surface area contributed by atoms with Crippen LogP contribution in [0, 0.1) is 0 Å². The molecular weight excluding hydrogens is 219 g/mol. The molecule has 0 atom stereocenters. The summed E-state index contributed by atoms with van der Waals surface area (Å²) in [5.41, 5.74) is 3.04. The molecule has 0 aromatic heterocycles. The van der Waals surface area contributed by atoms with Crippen molar-refractivity contribution in [3.8, 4) is 22.6 Å². The van der Waals surface area contributed by atoms with Crippen LogP contribution in [0.25, 0.3) is 21.9 Å². The van der Waals surface area contributed by atoms with Crippen molar-refractivity contribution in [2.24, 2.45) is 0 Å². The van der Waals surface area contributed by atoms with Crippen LogP contribution in [0.5, 0.6) is 11.5 Å². The molecule has 3 aromatic carbocycles. The first-order chi connectivity index (χ1) is 8.83. The van der Waals surface area contributed by atoms with Gasteiger partial charge in [-0.15, -0.1) is 0 Å². The lowest BCUT2D eigenvalue weighted by molar-refractivity contribution is 0.487. The predicted molar refractivity (Wildman–Crippen MR) is 74.8 cm³/mol. The third-order valence-electron chi connectivity index (χ3n) is 3.38. The molecule has 2 heteroatoms. The zero-order valence-electron chi connectivity index (χ0n) is 9.68. The molecule has 82 valence electrons. The van der Waals surface area contributed by atoms with Crippen LogP contribution in [-0.4, -0.2) is 7.85 Å². The maximum absolute atomic E-state index is 5.95. The second-order valence-corrected chi connectivity index (χ2v) is 4.52. The third kappa shape index (κ3) is 1.23. The molecule has 3 aromatic rings. The van der Waals surface area contributed by atoms with Gasteiger partial charge in [-0.3, -0.25) is 0 Å². The van der Waals surface area contributed by atoms with Crippen LogP contribution in [0.2, 0.25) is 0 Å². The first-order valence-corrected chi connectivity index (χ1v) is 5.92. The molecule has 1 heterocycles. The summed E-state index contributed by atoms with van der Waals surface area (Å²) in [6.07, 6.45) is 0. The molecule has 1 aliphatic heterocycles. The molecule has 0 saturated carbocycles. The third-order valence-corrected chi connectivity index (χ3v) is 3.38. The summed E-state index contributed by atoms with van der Waals surface area (Å²) in [5, 5.41) is 2.38. The number of hydrogen-bond acceptors (Lipinski definition) is 1. The Morgan fingerprint density at radius 1 is 0.778 bits per heavy atom. The van der Waals surface area contributed by atoms with Crippen molar-refractivity contribution >= 4 is 24.1 Å². The van der Waals surface area contributed by atoms with Gasteiger partial charge in [0.2, 0.25) is 0 Å². The Hall–Kier alpha value is -2.22. The van der Waals surface area contributed by atoms with E-state index in [1.165, 1.54) is 16.3 Å². The van der Waals surface area contributed by atoms with Crippen molar-refractivity contribution < 1.29 is 4.74 Å². The van der Waals surface area contributed by atoms with E-state index >= 15 is 0 Å². The average molecular weight is 228 g/mol. The van der Waals surface area contributed by atoms with Gasteiger partial charge in [-0.2, -0.15) is 0 Å². The first-order valence-electron chi connectivity index (χ1n) is 5.92. The van der Waals surface area contributed by atoms with E-state index in [0.717, 1.165) is 22.5 Å². The van der Waals surface area contributed by atoms with E-state index in [-0.39, 0.29) is 0 Å². The molecule has 1 nitrogen and oxygen atoms in total. The monoisotopic (exact) mass is 228 g/mol. The van der Waals surface area contributed by atoms with Crippen LogP contribution in [0.3, 0.4) is 0 Å². The number of hydrogen-bond donors (Lipinski definition) is 0. The highest BCUT2D eigenvalue weighted by molar-refractivity contribution is 6.32. The Labute approximate surface area is 106 Å². The van der Waals surface area contributed by atoms with Crippen LogP contribution < -0.4 is 10.2 Å². The predicted octanol–water partition coefficient (Wildman–Crippen LogP) is 3.41. The molecule has 0 fully saturated rings. The van der Waals surface area contributed by atoms with Gasteiger partial charge in [0.05, 0.1) is 0 Å². The Morgan fingerprint density at radius 2 is 1.61 bits per heavy atom. The van der Waals surface area contributed by atoms with Crippen molar-refractivity contribution in [3.63, 3.8) is 0 Å². The molecule has 1 aliphatic rings. The molecule has 0 spiro atoms.